The Bertz CT molecular complexity index is 221. The first kappa shape index (κ1) is 12.4. The smallest absolute Gasteiger partial charge is 0.0121 e. The molecule has 1 N–H and O–H groups in total. The number of hydrogen-bond donors (Lipinski definition) is 1. The molecule has 94 valence electrons. The molecule has 2 aliphatic rings. The maximum atomic E-state index is 3.98. The first-order valence-electron chi connectivity index (χ1n) is 7.34. The van der Waals surface area contributed by atoms with Gasteiger partial charge >= 0.3 is 0 Å². The van der Waals surface area contributed by atoms with Crippen molar-refractivity contribution in [2.24, 2.45) is 11.3 Å². The second-order valence-electron chi connectivity index (χ2n) is 6.92. The molecule has 0 aromatic carbocycles. The van der Waals surface area contributed by atoms with Crippen molar-refractivity contribution in [3.63, 3.8) is 0 Å². The molecule has 1 heteroatoms. The van der Waals surface area contributed by atoms with E-state index >= 15 is 0 Å². The Labute approximate surface area is 101 Å². The van der Waals surface area contributed by atoms with Crippen molar-refractivity contribution in [3.8, 4) is 0 Å². The van der Waals surface area contributed by atoms with Gasteiger partial charge in [-0.25, -0.2) is 0 Å². The average Bonchev–Trinajstić information content (AvgIpc) is 2.21. The summed E-state index contributed by atoms with van der Waals surface area (Å²) in [6.07, 6.45) is 11.4. The van der Waals surface area contributed by atoms with E-state index < -0.39 is 0 Å². The standard InChI is InChI=1S/C15H29N/c1-12-7-6-8-13(11-12)16-14-9-4-5-10-15(14,2)3/h12-14,16H,4-11H2,1-3H3. The molecule has 3 atom stereocenters. The fourth-order valence-corrected chi connectivity index (χ4v) is 3.67. The molecule has 0 aromatic rings. The zero-order valence-electron chi connectivity index (χ0n) is 11.4. The zero-order chi connectivity index (χ0) is 11.6. The van der Waals surface area contributed by atoms with Crippen LogP contribution in [0, 0.1) is 11.3 Å². The first-order valence-corrected chi connectivity index (χ1v) is 7.34. The molecule has 0 aromatic heterocycles. The first-order chi connectivity index (χ1) is 7.58. The van der Waals surface area contributed by atoms with Crippen molar-refractivity contribution in [1.82, 2.24) is 5.32 Å². The maximum Gasteiger partial charge on any atom is 0.0121 e. The fraction of sp³-hybridized carbons (Fsp3) is 1.00. The molecular formula is C15H29N. The normalized spacial score (nSPS) is 39.6. The predicted molar refractivity (Wildman–Crippen MR) is 70.6 cm³/mol. The van der Waals surface area contributed by atoms with Crippen LogP contribution in [-0.2, 0) is 0 Å². The van der Waals surface area contributed by atoms with Crippen molar-refractivity contribution < 1.29 is 0 Å². The molecule has 0 radical (unpaired) electrons. The molecule has 2 fully saturated rings. The van der Waals surface area contributed by atoms with Crippen molar-refractivity contribution >= 4 is 0 Å². The van der Waals surface area contributed by atoms with E-state index in [1.165, 1.54) is 51.4 Å². The van der Waals surface area contributed by atoms with Crippen LogP contribution >= 0.6 is 0 Å². The molecule has 0 heterocycles. The second kappa shape index (κ2) is 5.08. The Morgan fingerprint density at radius 2 is 1.81 bits per heavy atom. The van der Waals surface area contributed by atoms with Gasteiger partial charge in [-0.3, -0.25) is 0 Å². The topological polar surface area (TPSA) is 12.0 Å². The minimum Gasteiger partial charge on any atom is -0.311 e. The molecule has 0 saturated heterocycles. The minimum atomic E-state index is 0.527. The van der Waals surface area contributed by atoms with Gasteiger partial charge in [0.25, 0.3) is 0 Å². The van der Waals surface area contributed by atoms with Crippen molar-refractivity contribution in [2.75, 3.05) is 0 Å². The summed E-state index contributed by atoms with van der Waals surface area (Å²) in [5, 5.41) is 3.98. The minimum absolute atomic E-state index is 0.527. The van der Waals surface area contributed by atoms with Gasteiger partial charge in [-0.1, -0.05) is 46.5 Å². The summed E-state index contributed by atoms with van der Waals surface area (Å²) in [6.45, 7) is 7.33. The van der Waals surface area contributed by atoms with Gasteiger partial charge in [0.2, 0.25) is 0 Å². The Balaban J connectivity index is 1.87. The third-order valence-electron chi connectivity index (χ3n) is 4.88. The summed E-state index contributed by atoms with van der Waals surface area (Å²) in [4.78, 5) is 0. The summed E-state index contributed by atoms with van der Waals surface area (Å²) in [6, 6.07) is 1.59. The van der Waals surface area contributed by atoms with E-state index in [0.29, 0.717) is 5.41 Å². The summed E-state index contributed by atoms with van der Waals surface area (Å²) in [5.41, 5.74) is 0.527. The molecule has 0 aliphatic heterocycles. The van der Waals surface area contributed by atoms with Crippen LogP contribution in [0.15, 0.2) is 0 Å². The average molecular weight is 223 g/mol. The van der Waals surface area contributed by atoms with Crippen LogP contribution in [0.2, 0.25) is 0 Å². The van der Waals surface area contributed by atoms with Crippen LogP contribution in [0.1, 0.15) is 72.1 Å². The fourth-order valence-electron chi connectivity index (χ4n) is 3.67. The number of hydrogen-bond acceptors (Lipinski definition) is 1. The maximum absolute atomic E-state index is 3.98. The van der Waals surface area contributed by atoms with Gasteiger partial charge < -0.3 is 5.32 Å². The van der Waals surface area contributed by atoms with E-state index in [9.17, 15) is 0 Å². The predicted octanol–water partition coefficient (Wildman–Crippen LogP) is 4.12. The van der Waals surface area contributed by atoms with Gasteiger partial charge in [-0.2, -0.15) is 0 Å². The van der Waals surface area contributed by atoms with E-state index in [-0.39, 0.29) is 0 Å². The highest BCUT2D eigenvalue weighted by Crippen LogP contribution is 2.36. The van der Waals surface area contributed by atoms with Gasteiger partial charge in [-0.15, -0.1) is 0 Å². The van der Waals surface area contributed by atoms with E-state index in [1.54, 1.807) is 0 Å². The van der Waals surface area contributed by atoms with E-state index in [2.05, 4.69) is 26.1 Å². The van der Waals surface area contributed by atoms with E-state index in [4.69, 9.17) is 0 Å². The summed E-state index contributed by atoms with van der Waals surface area (Å²) in [7, 11) is 0. The Morgan fingerprint density at radius 1 is 1.00 bits per heavy atom. The largest absolute Gasteiger partial charge is 0.311 e. The molecule has 0 amide bonds. The summed E-state index contributed by atoms with van der Waals surface area (Å²) >= 11 is 0. The van der Waals surface area contributed by atoms with Crippen molar-refractivity contribution in [2.45, 2.75) is 84.2 Å². The lowest BCUT2D eigenvalue weighted by molar-refractivity contribution is 0.139. The molecule has 2 rings (SSSR count). The van der Waals surface area contributed by atoms with E-state index in [1.807, 2.05) is 0 Å². The van der Waals surface area contributed by atoms with Gasteiger partial charge in [0, 0.05) is 12.1 Å². The molecule has 2 aliphatic carbocycles. The SMILES string of the molecule is CC1CCCC(NC2CCCCC2(C)C)C1. The third-order valence-corrected chi connectivity index (χ3v) is 4.88. The highest BCUT2D eigenvalue weighted by Gasteiger charge is 2.33. The number of nitrogens with one attached hydrogen (secondary N) is 1. The van der Waals surface area contributed by atoms with Gasteiger partial charge in [-0.05, 0) is 37.0 Å². The van der Waals surface area contributed by atoms with Gasteiger partial charge in [0.05, 0.1) is 0 Å². The molecule has 0 bridgehead atoms. The summed E-state index contributed by atoms with van der Waals surface area (Å²) in [5.74, 6) is 0.943. The van der Waals surface area contributed by atoms with Gasteiger partial charge in [0.15, 0.2) is 0 Å². The van der Waals surface area contributed by atoms with E-state index in [0.717, 1.165) is 18.0 Å². The highest BCUT2D eigenvalue weighted by atomic mass is 15.0. The molecule has 2 saturated carbocycles. The molecule has 16 heavy (non-hydrogen) atoms. The van der Waals surface area contributed by atoms with Crippen LogP contribution in [0.3, 0.4) is 0 Å². The third kappa shape index (κ3) is 3.00. The van der Waals surface area contributed by atoms with Crippen LogP contribution in [0.4, 0.5) is 0 Å². The Hall–Kier alpha value is -0.0400. The highest BCUT2D eigenvalue weighted by molar-refractivity contribution is 4.90. The summed E-state index contributed by atoms with van der Waals surface area (Å²) < 4.78 is 0. The lowest BCUT2D eigenvalue weighted by Gasteiger charge is -2.42. The monoisotopic (exact) mass is 223 g/mol. The quantitative estimate of drug-likeness (QED) is 0.742. The lowest BCUT2D eigenvalue weighted by Crippen LogP contribution is -2.49. The molecular weight excluding hydrogens is 194 g/mol. The molecule has 1 nitrogen and oxygen atoms in total. The zero-order valence-corrected chi connectivity index (χ0v) is 11.4. The lowest BCUT2D eigenvalue weighted by atomic mass is 9.72. The van der Waals surface area contributed by atoms with Gasteiger partial charge in [0.1, 0.15) is 0 Å². The number of rotatable bonds is 2. The molecule has 3 unspecified atom stereocenters. The van der Waals surface area contributed by atoms with Crippen molar-refractivity contribution in [1.29, 1.82) is 0 Å². The van der Waals surface area contributed by atoms with Crippen LogP contribution in [0.5, 0.6) is 0 Å². The van der Waals surface area contributed by atoms with Crippen LogP contribution in [-0.4, -0.2) is 12.1 Å². The van der Waals surface area contributed by atoms with Crippen LogP contribution < -0.4 is 5.32 Å². The second-order valence-corrected chi connectivity index (χ2v) is 6.92. The van der Waals surface area contributed by atoms with Crippen LogP contribution in [0.25, 0.3) is 0 Å². The molecule has 0 spiro atoms. The Morgan fingerprint density at radius 3 is 2.50 bits per heavy atom. The van der Waals surface area contributed by atoms with Crippen molar-refractivity contribution in [3.05, 3.63) is 0 Å². The Kier molecular flexibility index (Phi) is 3.94.